The number of anilines is 1. The summed E-state index contributed by atoms with van der Waals surface area (Å²) in [6.07, 6.45) is 4.10. The number of hydrogen-bond donors (Lipinski definition) is 1. The number of rotatable bonds is 5. The van der Waals surface area contributed by atoms with Gasteiger partial charge in [-0.15, -0.1) is 0 Å². The second-order valence-corrected chi connectivity index (χ2v) is 6.65. The normalized spacial score (nSPS) is 20.9. The van der Waals surface area contributed by atoms with Gasteiger partial charge in [-0.2, -0.15) is 0 Å². The smallest absolute Gasteiger partial charge is 0.0426 e. The predicted molar refractivity (Wildman–Crippen MR) is 88.6 cm³/mol. The minimum Gasteiger partial charge on any atom is -0.384 e. The highest BCUT2D eigenvalue weighted by molar-refractivity contribution is 6.30. The minimum absolute atomic E-state index is 0.796. The Labute approximate surface area is 128 Å². The molecule has 1 atom stereocenters. The summed E-state index contributed by atoms with van der Waals surface area (Å²) >= 11 is 5.99. The topological polar surface area (TPSA) is 15.3 Å². The number of benzene rings is 1. The van der Waals surface area contributed by atoms with Gasteiger partial charge in [0.25, 0.3) is 0 Å². The predicted octanol–water partition coefficient (Wildman–Crippen LogP) is 4.51. The van der Waals surface area contributed by atoms with Gasteiger partial charge in [0, 0.05) is 23.8 Å². The molecule has 0 spiro atoms. The van der Waals surface area contributed by atoms with Gasteiger partial charge in [0.15, 0.2) is 0 Å². The van der Waals surface area contributed by atoms with Gasteiger partial charge in [-0.1, -0.05) is 31.5 Å². The molecule has 2 rings (SSSR count). The second-order valence-electron chi connectivity index (χ2n) is 6.21. The van der Waals surface area contributed by atoms with Crippen molar-refractivity contribution in [3.05, 3.63) is 29.3 Å². The van der Waals surface area contributed by atoms with Crippen LogP contribution in [0, 0.1) is 11.8 Å². The molecule has 1 aromatic carbocycles. The van der Waals surface area contributed by atoms with Crippen LogP contribution >= 0.6 is 11.6 Å². The van der Waals surface area contributed by atoms with Crippen LogP contribution in [0.3, 0.4) is 0 Å². The fourth-order valence-corrected chi connectivity index (χ4v) is 3.22. The summed E-state index contributed by atoms with van der Waals surface area (Å²) in [5.41, 5.74) is 1.12. The van der Waals surface area contributed by atoms with Gasteiger partial charge < -0.3 is 10.2 Å². The van der Waals surface area contributed by atoms with Crippen LogP contribution in [0.5, 0.6) is 0 Å². The van der Waals surface area contributed by atoms with Crippen LogP contribution in [0.4, 0.5) is 5.69 Å². The molecule has 1 heterocycles. The third-order valence-corrected chi connectivity index (χ3v) is 4.63. The molecule has 1 saturated heterocycles. The molecule has 1 unspecified atom stereocenters. The first-order valence-electron chi connectivity index (χ1n) is 7.87. The Bertz CT molecular complexity index is 406. The number of likely N-dealkylation sites (tertiary alicyclic amines) is 1. The van der Waals surface area contributed by atoms with Crippen molar-refractivity contribution in [3.63, 3.8) is 0 Å². The molecule has 0 amide bonds. The van der Waals surface area contributed by atoms with Crippen LogP contribution in [0.15, 0.2) is 24.3 Å². The van der Waals surface area contributed by atoms with Crippen LogP contribution < -0.4 is 5.32 Å². The number of nitrogens with one attached hydrogen (secondary N) is 1. The van der Waals surface area contributed by atoms with Crippen molar-refractivity contribution in [3.8, 4) is 0 Å². The van der Waals surface area contributed by atoms with Gasteiger partial charge in [0.1, 0.15) is 0 Å². The first-order valence-corrected chi connectivity index (χ1v) is 8.25. The third-order valence-electron chi connectivity index (χ3n) is 4.39. The Balaban J connectivity index is 1.72. The second kappa shape index (κ2) is 7.90. The van der Waals surface area contributed by atoms with Crippen molar-refractivity contribution >= 4 is 17.3 Å². The molecule has 2 nitrogen and oxygen atoms in total. The first kappa shape index (κ1) is 15.7. The van der Waals surface area contributed by atoms with E-state index >= 15 is 0 Å². The van der Waals surface area contributed by atoms with E-state index in [0.717, 1.165) is 35.6 Å². The maximum absolute atomic E-state index is 5.99. The molecule has 1 fully saturated rings. The van der Waals surface area contributed by atoms with Gasteiger partial charge in [-0.25, -0.2) is 0 Å². The van der Waals surface area contributed by atoms with Crippen LogP contribution in [-0.2, 0) is 0 Å². The zero-order valence-electron chi connectivity index (χ0n) is 12.7. The summed E-state index contributed by atoms with van der Waals surface area (Å²) in [6, 6.07) is 7.96. The molecule has 1 N–H and O–H groups in total. The highest BCUT2D eigenvalue weighted by Crippen LogP contribution is 2.24. The van der Waals surface area contributed by atoms with E-state index in [1.54, 1.807) is 0 Å². The standard InChI is InChI=1S/C17H27ClN2/c1-14(2)15-5-4-10-20(11-8-15)12-9-19-17-7-3-6-16(18)13-17/h3,6-7,13-15,19H,4-5,8-12H2,1-2H3. The lowest BCUT2D eigenvalue weighted by atomic mass is 9.89. The van der Waals surface area contributed by atoms with Crippen molar-refractivity contribution in [2.24, 2.45) is 11.8 Å². The molecule has 3 heteroatoms. The largest absolute Gasteiger partial charge is 0.384 e. The van der Waals surface area contributed by atoms with E-state index in [1.807, 2.05) is 18.2 Å². The van der Waals surface area contributed by atoms with Crippen molar-refractivity contribution < 1.29 is 0 Å². The number of hydrogen-bond acceptors (Lipinski definition) is 2. The van der Waals surface area contributed by atoms with Crippen LogP contribution in [0.2, 0.25) is 5.02 Å². The van der Waals surface area contributed by atoms with E-state index in [4.69, 9.17) is 11.6 Å². The van der Waals surface area contributed by atoms with Crippen molar-refractivity contribution in [2.45, 2.75) is 33.1 Å². The van der Waals surface area contributed by atoms with Crippen molar-refractivity contribution in [1.29, 1.82) is 0 Å². The van der Waals surface area contributed by atoms with E-state index in [-0.39, 0.29) is 0 Å². The monoisotopic (exact) mass is 294 g/mol. The van der Waals surface area contributed by atoms with Crippen molar-refractivity contribution in [1.82, 2.24) is 4.90 Å². The van der Waals surface area contributed by atoms with Crippen LogP contribution in [0.25, 0.3) is 0 Å². The molecule has 20 heavy (non-hydrogen) atoms. The van der Waals surface area contributed by atoms with E-state index in [1.165, 1.54) is 32.4 Å². The maximum atomic E-state index is 5.99. The molecule has 0 aliphatic carbocycles. The molecule has 1 aliphatic rings. The SMILES string of the molecule is CC(C)C1CCCN(CCNc2cccc(Cl)c2)CC1. The molecule has 0 radical (unpaired) electrons. The van der Waals surface area contributed by atoms with Crippen LogP contribution in [-0.4, -0.2) is 31.1 Å². The Morgan fingerprint density at radius 1 is 1.30 bits per heavy atom. The maximum Gasteiger partial charge on any atom is 0.0426 e. The molecule has 0 aromatic heterocycles. The fraction of sp³-hybridized carbons (Fsp3) is 0.647. The van der Waals surface area contributed by atoms with Gasteiger partial charge in [-0.3, -0.25) is 0 Å². The Kier molecular flexibility index (Phi) is 6.18. The van der Waals surface area contributed by atoms with Gasteiger partial charge in [-0.05, 0) is 62.4 Å². The summed E-state index contributed by atoms with van der Waals surface area (Å²) in [5, 5.41) is 4.26. The highest BCUT2D eigenvalue weighted by atomic mass is 35.5. The van der Waals surface area contributed by atoms with E-state index < -0.39 is 0 Å². The lowest BCUT2D eigenvalue weighted by Gasteiger charge is -2.21. The first-order chi connectivity index (χ1) is 9.65. The van der Waals surface area contributed by atoms with E-state index in [9.17, 15) is 0 Å². The Morgan fingerprint density at radius 3 is 2.90 bits per heavy atom. The molecule has 0 saturated carbocycles. The molecule has 1 aromatic rings. The van der Waals surface area contributed by atoms with Crippen molar-refractivity contribution in [2.75, 3.05) is 31.5 Å². The molecular weight excluding hydrogens is 268 g/mol. The highest BCUT2D eigenvalue weighted by Gasteiger charge is 2.18. The number of halogens is 1. The number of nitrogens with zero attached hydrogens (tertiary/aromatic N) is 1. The third kappa shape index (κ3) is 4.99. The zero-order chi connectivity index (χ0) is 14.4. The average Bonchev–Trinajstić information content (AvgIpc) is 2.64. The molecule has 0 bridgehead atoms. The molecule has 112 valence electrons. The average molecular weight is 295 g/mol. The zero-order valence-corrected chi connectivity index (χ0v) is 13.5. The lowest BCUT2D eigenvalue weighted by molar-refractivity contribution is 0.281. The van der Waals surface area contributed by atoms with Gasteiger partial charge >= 0.3 is 0 Å². The molecule has 1 aliphatic heterocycles. The summed E-state index contributed by atoms with van der Waals surface area (Å²) in [5.74, 6) is 1.75. The summed E-state index contributed by atoms with van der Waals surface area (Å²) in [6.45, 7) is 9.34. The fourth-order valence-electron chi connectivity index (χ4n) is 3.03. The Morgan fingerprint density at radius 2 is 2.15 bits per heavy atom. The van der Waals surface area contributed by atoms with Gasteiger partial charge in [0.2, 0.25) is 0 Å². The lowest BCUT2D eigenvalue weighted by Crippen LogP contribution is -2.30. The van der Waals surface area contributed by atoms with E-state index in [2.05, 4.69) is 30.1 Å². The Hall–Kier alpha value is -0.730. The van der Waals surface area contributed by atoms with E-state index in [0.29, 0.717) is 0 Å². The van der Waals surface area contributed by atoms with Crippen LogP contribution in [0.1, 0.15) is 33.1 Å². The van der Waals surface area contributed by atoms with Gasteiger partial charge in [0.05, 0.1) is 0 Å². The minimum atomic E-state index is 0.796. The summed E-state index contributed by atoms with van der Waals surface area (Å²) in [4.78, 5) is 2.60. The summed E-state index contributed by atoms with van der Waals surface area (Å²) < 4.78 is 0. The quantitative estimate of drug-likeness (QED) is 0.859. The molecular formula is C17H27ClN2. The summed E-state index contributed by atoms with van der Waals surface area (Å²) in [7, 11) is 0.